The van der Waals surface area contributed by atoms with Crippen LogP contribution in [0, 0.1) is 20.8 Å². The summed E-state index contributed by atoms with van der Waals surface area (Å²) in [5.74, 6) is 0.121. The van der Waals surface area contributed by atoms with Crippen molar-refractivity contribution in [2.24, 2.45) is 0 Å². The van der Waals surface area contributed by atoms with Crippen LogP contribution in [0.1, 0.15) is 34.0 Å². The van der Waals surface area contributed by atoms with Crippen LogP contribution in [0.3, 0.4) is 0 Å². The highest BCUT2D eigenvalue weighted by atomic mass is 16.6. The predicted octanol–water partition coefficient (Wildman–Crippen LogP) is 3.57. The van der Waals surface area contributed by atoms with Gasteiger partial charge >= 0.3 is 5.97 Å². The molecule has 1 aliphatic rings. The molecule has 27 heavy (non-hydrogen) atoms. The van der Waals surface area contributed by atoms with Gasteiger partial charge in [-0.25, -0.2) is 4.79 Å². The van der Waals surface area contributed by atoms with Gasteiger partial charge in [0.2, 0.25) is 0 Å². The number of carbonyl (C=O) groups is 2. The summed E-state index contributed by atoms with van der Waals surface area (Å²) < 4.78 is 16.2. The molecule has 1 N–H and O–H groups in total. The maximum Gasteiger partial charge on any atom is 0.339 e. The molecule has 0 unspecified atom stereocenters. The van der Waals surface area contributed by atoms with Crippen LogP contribution < -0.4 is 14.8 Å². The van der Waals surface area contributed by atoms with Crippen LogP contribution in [-0.2, 0) is 9.53 Å². The van der Waals surface area contributed by atoms with E-state index in [0.717, 1.165) is 22.4 Å². The first-order chi connectivity index (χ1) is 12.8. The van der Waals surface area contributed by atoms with E-state index in [1.54, 1.807) is 25.1 Å². The molecule has 1 amide bonds. The summed E-state index contributed by atoms with van der Waals surface area (Å²) in [5.41, 5.74) is 4.10. The number of hydrogen-bond acceptors (Lipinski definition) is 5. The summed E-state index contributed by atoms with van der Waals surface area (Å²) >= 11 is 0. The van der Waals surface area contributed by atoms with Crippen molar-refractivity contribution in [1.29, 1.82) is 0 Å². The average molecular weight is 369 g/mol. The second-order valence-corrected chi connectivity index (χ2v) is 6.67. The molecule has 3 rings (SSSR count). The van der Waals surface area contributed by atoms with Crippen LogP contribution in [0.5, 0.6) is 11.5 Å². The van der Waals surface area contributed by atoms with E-state index in [0.29, 0.717) is 30.3 Å². The molecule has 2 aromatic rings. The molecule has 2 aromatic carbocycles. The molecule has 0 aromatic heterocycles. The normalized spacial score (nSPS) is 13.6. The van der Waals surface area contributed by atoms with Crippen molar-refractivity contribution in [2.45, 2.75) is 33.8 Å². The molecule has 0 fully saturated rings. The molecule has 0 spiro atoms. The fourth-order valence-electron chi connectivity index (χ4n) is 3.05. The van der Waals surface area contributed by atoms with E-state index in [1.165, 1.54) is 0 Å². The number of rotatable bonds is 4. The number of hydrogen-bond donors (Lipinski definition) is 1. The van der Waals surface area contributed by atoms with Crippen molar-refractivity contribution in [3.05, 3.63) is 52.6 Å². The highest BCUT2D eigenvalue weighted by molar-refractivity contribution is 5.98. The maximum atomic E-state index is 12.5. The molecule has 6 nitrogen and oxygen atoms in total. The summed E-state index contributed by atoms with van der Waals surface area (Å²) in [5, 5.41) is 2.85. The fourth-order valence-corrected chi connectivity index (χ4v) is 3.05. The third-order valence-corrected chi connectivity index (χ3v) is 4.36. The van der Waals surface area contributed by atoms with Gasteiger partial charge in [-0.05, 0) is 57.0 Å². The van der Waals surface area contributed by atoms with E-state index in [1.807, 2.05) is 32.9 Å². The topological polar surface area (TPSA) is 73.9 Å². The number of carbonyl (C=O) groups excluding carboxylic acids is 2. The summed E-state index contributed by atoms with van der Waals surface area (Å²) in [4.78, 5) is 24.8. The zero-order chi connectivity index (χ0) is 19.6. The minimum atomic E-state index is -0.939. The summed E-state index contributed by atoms with van der Waals surface area (Å²) in [6.07, 6.45) is -0.939. The molecule has 1 aliphatic heterocycles. The number of benzene rings is 2. The van der Waals surface area contributed by atoms with Crippen molar-refractivity contribution in [2.75, 3.05) is 18.5 Å². The SMILES string of the molecule is Cc1cc(C)c(NC(=O)[C@H](C)OC(=O)c2ccc3c(c2)OCCO3)c(C)c1. The van der Waals surface area contributed by atoms with Gasteiger partial charge in [-0.15, -0.1) is 0 Å². The number of amides is 1. The number of ether oxygens (including phenoxy) is 3. The molecule has 0 saturated carbocycles. The second-order valence-electron chi connectivity index (χ2n) is 6.67. The van der Waals surface area contributed by atoms with Crippen molar-refractivity contribution in [1.82, 2.24) is 0 Å². The Morgan fingerprint density at radius 2 is 1.63 bits per heavy atom. The molecule has 0 saturated heterocycles. The minimum Gasteiger partial charge on any atom is -0.486 e. The van der Waals surface area contributed by atoms with E-state index in [4.69, 9.17) is 14.2 Å². The summed E-state index contributed by atoms with van der Waals surface area (Å²) in [6.45, 7) is 8.32. The molecular formula is C21H23NO5. The van der Waals surface area contributed by atoms with Crippen molar-refractivity contribution in [3.8, 4) is 11.5 Å². The lowest BCUT2D eigenvalue weighted by Gasteiger charge is -2.19. The molecule has 6 heteroatoms. The van der Waals surface area contributed by atoms with Crippen LogP contribution >= 0.6 is 0 Å². The number of aryl methyl sites for hydroxylation is 3. The van der Waals surface area contributed by atoms with Crippen LogP contribution in [-0.4, -0.2) is 31.2 Å². The highest BCUT2D eigenvalue weighted by Crippen LogP contribution is 2.31. The third-order valence-electron chi connectivity index (χ3n) is 4.36. The van der Waals surface area contributed by atoms with Crippen molar-refractivity contribution >= 4 is 17.6 Å². The minimum absolute atomic E-state index is 0.307. The van der Waals surface area contributed by atoms with Crippen molar-refractivity contribution in [3.63, 3.8) is 0 Å². The first-order valence-corrected chi connectivity index (χ1v) is 8.84. The Bertz CT molecular complexity index is 867. The lowest BCUT2D eigenvalue weighted by molar-refractivity contribution is -0.123. The van der Waals surface area contributed by atoms with Gasteiger partial charge in [0.1, 0.15) is 13.2 Å². The van der Waals surface area contributed by atoms with Crippen LogP contribution in [0.4, 0.5) is 5.69 Å². The van der Waals surface area contributed by atoms with Gasteiger partial charge in [0.15, 0.2) is 17.6 Å². The Labute approximate surface area is 158 Å². The largest absolute Gasteiger partial charge is 0.486 e. The Kier molecular flexibility index (Phi) is 5.35. The van der Waals surface area contributed by atoms with Gasteiger partial charge in [-0.2, -0.15) is 0 Å². The first-order valence-electron chi connectivity index (χ1n) is 8.84. The lowest BCUT2D eigenvalue weighted by Crippen LogP contribution is -2.30. The van der Waals surface area contributed by atoms with Gasteiger partial charge in [0.25, 0.3) is 5.91 Å². The summed E-state index contributed by atoms with van der Waals surface area (Å²) in [7, 11) is 0. The van der Waals surface area contributed by atoms with E-state index in [2.05, 4.69) is 5.32 Å². The van der Waals surface area contributed by atoms with Crippen LogP contribution in [0.15, 0.2) is 30.3 Å². The zero-order valence-corrected chi connectivity index (χ0v) is 15.9. The number of fused-ring (bicyclic) bond motifs is 1. The molecular weight excluding hydrogens is 346 g/mol. The Morgan fingerprint density at radius 3 is 2.30 bits per heavy atom. The van der Waals surface area contributed by atoms with Gasteiger partial charge in [0.05, 0.1) is 5.56 Å². The van der Waals surface area contributed by atoms with Crippen LogP contribution in [0.2, 0.25) is 0 Å². The molecule has 0 aliphatic carbocycles. The quantitative estimate of drug-likeness (QED) is 0.834. The Balaban J connectivity index is 1.67. The smallest absolute Gasteiger partial charge is 0.339 e. The predicted molar refractivity (Wildman–Crippen MR) is 102 cm³/mol. The molecule has 142 valence electrons. The fraction of sp³-hybridized carbons (Fsp3) is 0.333. The Hall–Kier alpha value is -3.02. The average Bonchev–Trinajstić information content (AvgIpc) is 2.63. The second kappa shape index (κ2) is 7.70. The molecule has 0 bridgehead atoms. The van der Waals surface area contributed by atoms with Gasteiger partial charge in [-0.3, -0.25) is 4.79 Å². The Morgan fingerprint density at radius 1 is 1.00 bits per heavy atom. The summed E-state index contributed by atoms with van der Waals surface area (Å²) in [6, 6.07) is 8.81. The zero-order valence-electron chi connectivity index (χ0n) is 15.9. The molecule has 1 atom stereocenters. The van der Waals surface area contributed by atoms with E-state index in [9.17, 15) is 9.59 Å². The van der Waals surface area contributed by atoms with Gasteiger partial charge in [-0.1, -0.05) is 17.7 Å². The molecule has 0 radical (unpaired) electrons. The standard InChI is InChI=1S/C21H23NO5/c1-12-9-13(2)19(14(3)10-12)22-20(23)15(4)27-21(24)16-5-6-17-18(11-16)26-8-7-25-17/h5-6,9-11,15H,7-8H2,1-4H3,(H,22,23)/t15-/m0/s1. The first kappa shape index (κ1) is 18.8. The van der Waals surface area contributed by atoms with E-state index >= 15 is 0 Å². The van der Waals surface area contributed by atoms with Crippen LogP contribution in [0.25, 0.3) is 0 Å². The monoisotopic (exact) mass is 369 g/mol. The van der Waals surface area contributed by atoms with E-state index in [-0.39, 0.29) is 5.91 Å². The number of anilines is 1. The molecule has 1 heterocycles. The van der Waals surface area contributed by atoms with E-state index < -0.39 is 12.1 Å². The van der Waals surface area contributed by atoms with Gasteiger partial charge in [0, 0.05) is 5.69 Å². The number of nitrogens with one attached hydrogen (secondary N) is 1. The highest BCUT2D eigenvalue weighted by Gasteiger charge is 2.22. The maximum absolute atomic E-state index is 12.5. The van der Waals surface area contributed by atoms with Crippen molar-refractivity contribution < 1.29 is 23.8 Å². The third kappa shape index (κ3) is 4.22. The van der Waals surface area contributed by atoms with Gasteiger partial charge < -0.3 is 19.5 Å². The number of esters is 1. The lowest BCUT2D eigenvalue weighted by atomic mass is 10.0.